The molecule has 0 fully saturated rings. The van der Waals surface area contributed by atoms with E-state index in [-0.39, 0.29) is 17.3 Å². The van der Waals surface area contributed by atoms with Crippen molar-refractivity contribution in [2.75, 3.05) is 18.4 Å². The molecule has 0 bridgehead atoms. The lowest BCUT2D eigenvalue weighted by atomic mass is 10.2. The number of carbonyl (C=O) groups is 1. The first-order valence-corrected chi connectivity index (χ1v) is 7.75. The summed E-state index contributed by atoms with van der Waals surface area (Å²) >= 11 is 1.58. The SMILES string of the molecule is CCNc1nccc(C(=O)N(CC)Cc2cccs2)c1F. The normalized spacial score (nSPS) is 10.4. The number of nitrogens with one attached hydrogen (secondary N) is 1. The molecule has 2 aromatic heterocycles. The molecule has 0 atom stereocenters. The molecular formula is C15H18FN3OS. The maximum absolute atomic E-state index is 14.3. The molecule has 0 radical (unpaired) electrons. The molecule has 2 aromatic rings. The van der Waals surface area contributed by atoms with Crippen LogP contribution in [0.15, 0.2) is 29.8 Å². The van der Waals surface area contributed by atoms with Crippen LogP contribution in [0, 0.1) is 5.82 Å². The highest BCUT2D eigenvalue weighted by atomic mass is 32.1. The van der Waals surface area contributed by atoms with Gasteiger partial charge in [0.05, 0.1) is 12.1 Å². The highest BCUT2D eigenvalue weighted by Gasteiger charge is 2.21. The Bertz CT molecular complexity index is 601. The van der Waals surface area contributed by atoms with Crippen LogP contribution in [-0.2, 0) is 6.54 Å². The monoisotopic (exact) mass is 307 g/mol. The van der Waals surface area contributed by atoms with Gasteiger partial charge in [0.15, 0.2) is 11.6 Å². The zero-order chi connectivity index (χ0) is 15.2. The fourth-order valence-corrected chi connectivity index (χ4v) is 2.71. The molecule has 1 N–H and O–H groups in total. The van der Waals surface area contributed by atoms with Gasteiger partial charge in [-0.05, 0) is 31.4 Å². The first-order chi connectivity index (χ1) is 10.2. The average molecular weight is 307 g/mol. The van der Waals surface area contributed by atoms with Crippen molar-refractivity contribution < 1.29 is 9.18 Å². The third kappa shape index (κ3) is 3.58. The van der Waals surface area contributed by atoms with Gasteiger partial charge in [-0.2, -0.15) is 0 Å². The fourth-order valence-electron chi connectivity index (χ4n) is 1.99. The molecule has 0 saturated carbocycles. The molecule has 2 heterocycles. The van der Waals surface area contributed by atoms with E-state index in [0.29, 0.717) is 19.6 Å². The molecule has 1 amide bonds. The smallest absolute Gasteiger partial charge is 0.257 e. The Morgan fingerprint density at radius 1 is 1.43 bits per heavy atom. The van der Waals surface area contributed by atoms with Gasteiger partial charge < -0.3 is 10.2 Å². The van der Waals surface area contributed by atoms with Crippen LogP contribution in [0.2, 0.25) is 0 Å². The molecule has 0 aliphatic heterocycles. The number of amides is 1. The van der Waals surface area contributed by atoms with E-state index in [1.54, 1.807) is 16.2 Å². The van der Waals surface area contributed by atoms with Crippen molar-refractivity contribution in [1.29, 1.82) is 0 Å². The van der Waals surface area contributed by atoms with E-state index in [1.165, 1.54) is 12.3 Å². The summed E-state index contributed by atoms with van der Waals surface area (Å²) in [5, 5.41) is 4.78. The molecule has 0 saturated heterocycles. The lowest BCUT2D eigenvalue weighted by molar-refractivity contribution is 0.0749. The summed E-state index contributed by atoms with van der Waals surface area (Å²) in [6.45, 7) is 5.30. The van der Waals surface area contributed by atoms with Crippen LogP contribution >= 0.6 is 11.3 Å². The van der Waals surface area contributed by atoms with E-state index in [4.69, 9.17) is 0 Å². The number of anilines is 1. The van der Waals surface area contributed by atoms with Gasteiger partial charge in [-0.3, -0.25) is 4.79 Å². The number of nitrogens with zero attached hydrogens (tertiary/aromatic N) is 2. The van der Waals surface area contributed by atoms with Crippen LogP contribution in [0.3, 0.4) is 0 Å². The largest absolute Gasteiger partial charge is 0.368 e. The van der Waals surface area contributed by atoms with E-state index in [1.807, 2.05) is 31.4 Å². The second kappa shape index (κ2) is 7.17. The van der Waals surface area contributed by atoms with Crippen LogP contribution in [0.5, 0.6) is 0 Å². The summed E-state index contributed by atoms with van der Waals surface area (Å²) in [4.78, 5) is 19.1. The van der Waals surface area contributed by atoms with E-state index < -0.39 is 5.82 Å². The van der Waals surface area contributed by atoms with Gasteiger partial charge in [-0.25, -0.2) is 9.37 Å². The summed E-state index contributed by atoms with van der Waals surface area (Å²) in [7, 11) is 0. The zero-order valence-corrected chi connectivity index (χ0v) is 12.9. The highest BCUT2D eigenvalue weighted by Crippen LogP contribution is 2.19. The first-order valence-electron chi connectivity index (χ1n) is 6.87. The van der Waals surface area contributed by atoms with Gasteiger partial charge in [0.2, 0.25) is 0 Å². The zero-order valence-electron chi connectivity index (χ0n) is 12.1. The number of hydrogen-bond donors (Lipinski definition) is 1. The molecule has 112 valence electrons. The highest BCUT2D eigenvalue weighted by molar-refractivity contribution is 7.09. The minimum atomic E-state index is -0.589. The molecule has 0 aliphatic carbocycles. The summed E-state index contributed by atoms with van der Waals surface area (Å²) in [6.07, 6.45) is 1.45. The van der Waals surface area contributed by atoms with Gasteiger partial charge in [-0.1, -0.05) is 6.07 Å². The minimum Gasteiger partial charge on any atom is -0.368 e. The van der Waals surface area contributed by atoms with Crippen LogP contribution in [0.1, 0.15) is 29.1 Å². The Morgan fingerprint density at radius 2 is 2.24 bits per heavy atom. The molecule has 21 heavy (non-hydrogen) atoms. The predicted octanol–water partition coefficient (Wildman–Crippen LogP) is 3.38. The van der Waals surface area contributed by atoms with Gasteiger partial charge in [-0.15, -0.1) is 11.3 Å². The topological polar surface area (TPSA) is 45.2 Å². The van der Waals surface area contributed by atoms with Crippen LogP contribution < -0.4 is 5.32 Å². The number of halogens is 1. The van der Waals surface area contributed by atoms with E-state index in [2.05, 4.69) is 10.3 Å². The second-order valence-electron chi connectivity index (χ2n) is 4.45. The maximum atomic E-state index is 14.3. The van der Waals surface area contributed by atoms with Crippen molar-refractivity contribution in [2.24, 2.45) is 0 Å². The molecule has 2 rings (SSSR count). The molecule has 0 aromatic carbocycles. The summed E-state index contributed by atoms with van der Waals surface area (Å²) in [6, 6.07) is 5.33. The van der Waals surface area contributed by atoms with Crippen molar-refractivity contribution in [3.8, 4) is 0 Å². The van der Waals surface area contributed by atoms with Crippen LogP contribution in [-0.4, -0.2) is 28.9 Å². The van der Waals surface area contributed by atoms with Crippen LogP contribution in [0.4, 0.5) is 10.2 Å². The predicted molar refractivity (Wildman–Crippen MR) is 83.1 cm³/mol. The number of aromatic nitrogens is 1. The second-order valence-corrected chi connectivity index (χ2v) is 5.48. The maximum Gasteiger partial charge on any atom is 0.257 e. The molecule has 6 heteroatoms. The van der Waals surface area contributed by atoms with E-state index in [9.17, 15) is 9.18 Å². The Kier molecular flexibility index (Phi) is 5.27. The molecule has 0 unspecified atom stereocenters. The lowest BCUT2D eigenvalue weighted by Crippen LogP contribution is -2.31. The van der Waals surface area contributed by atoms with Crippen molar-refractivity contribution in [3.63, 3.8) is 0 Å². The summed E-state index contributed by atoms with van der Waals surface area (Å²) in [5.74, 6) is -0.783. The van der Waals surface area contributed by atoms with E-state index in [0.717, 1.165) is 4.88 Å². The molecule has 0 aliphatic rings. The number of pyridine rings is 1. The molecule has 0 spiro atoms. The Balaban J connectivity index is 2.23. The van der Waals surface area contributed by atoms with Crippen molar-refractivity contribution in [3.05, 3.63) is 46.0 Å². The third-order valence-electron chi connectivity index (χ3n) is 3.06. The summed E-state index contributed by atoms with van der Waals surface area (Å²) < 4.78 is 14.3. The first kappa shape index (κ1) is 15.4. The summed E-state index contributed by atoms with van der Waals surface area (Å²) in [5.41, 5.74) is 0.0550. The third-order valence-corrected chi connectivity index (χ3v) is 3.92. The van der Waals surface area contributed by atoms with E-state index >= 15 is 0 Å². The number of carbonyl (C=O) groups excluding carboxylic acids is 1. The van der Waals surface area contributed by atoms with Crippen molar-refractivity contribution in [2.45, 2.75) is 20.4 Å². The fraction of sp³-hybridized carbons (Fsp3) is 0.333. The van der Waals surface area contributed by atoms with Gasteiger partial charge >= 0.3 is 0 Å². The Morgan fingerprint density at radius 3 is 2.86 bits per heavy atom. The van der Waals surface area contributed by atoms with Crippen molar-refractivity contribution >= 4 is 23.1 Å². The Hall–Kier alpha value is -1.95. The minimum absolute atomic E-state index is 0.0550. The van der Waals surface area contributed by atoms with Gasteiger partial charge in [0, 0.05) is 24.2 Å². The quantitative estimate of drug-likeness (QED) is 0.890. The number of thiophene rings is 1. The van der Waals surface area contributed by atoms with Crippen molar-refractivity contribution in [1.82, 2.24) is 9.88 Å². The standard InChI is InChI=1S/C15H18FN3OS/c1-3-17-14-13(16)12(7-8-18-14)15(20)19(4-2)10-11-6-5-9-21-11/h5-9H,3-4,10H2,1-2H3,(H,17,18). The number of rotatable bonds is 6. The van der Waals surface area contributed by atoms with Gasteiger partial charge in [0.25, 0.3) is 5.91 Å². The number of hydrogen-bond acceptors (Lipinski definition) is 4. The van der Waals surface area contributed by atoms with Crippen LogP contribution in [0.25, 0.3) is 0 Å². The van der Waals surface area contributed by atoms with Gasteiger partial charge in [0.1, 0.15) is 0 Å². The molecule has 4 nitrogen and oxygen atoms in total. The Labute approximate surface area is 127 Å². The molecular weight excluding hydrogens is 289 g/mol. The lowest BCUT2D eigenvalue weighted by Gasteiger charge is -2.21. The average Bonchev–Trinajstić information content (AvgIpc) is 2.99.